The van der Waals surface area contributed by atoms with E-state index in [9.17, 15) is 4.79 Å². The number of rotatable bonds is 7. The molecule has 0 saturated carbocycles. The Hall–Kier alpha value is -1.97. The molecule has 0 aliphatic carbocycles. The van der Waals surface area contributed by atoms with Crippen molar-refractivity contribution in [3.05, 3.63) is 35.9 Å². The maximum absolute atomic E-state index is 10.4. The van der Waals surface area contributed by atoms with Crippen LogP contribution in [0.25, 0.3) is 0 Å². The van der Waals surface area contributed by atoms with Gasteiger partial charge >= 0.3 is 5.97 Å². The lowest BCUT2D eigenvalue weighted by molar-refractivity contribution is -0.131. The first-order chi connectivity index (χ1) is 8.67. The maximum atomic E-state index is 10.4. The fraction of sp³-hybridized carbons (Fsp3) is 0.357. The minimum absolute atomic E-state index is 0.552. The second-order valence-electron chi connectivity index (χ2n) is 3.78. The van der Waals surface area contributed by atoms with Crippen LogP contribution in [0.4, 0.5) is 0 Å². The van der Waals surface area contributed by atoms with Crippen LogP contribution in [0.2, 0.25) is 0 Å². The maximum Gasteiger partial charge on any atom is 0.327 e. The van der Waals surface area contributed by atoms with E-state index in [2.05, 4.69) is 0 Å². The van der Waals surface area contributed by atoms with Crippen molar-refractivity contribution in [2.75, 3.05) is 13.7 Å². The molecule has 0 saturated heterocycles. The molecule has 4 nitrogen and oxygen atoms in total. The molecule has 18 heavy (non-hydrogen) atoms. The Bertz CT molecular complexity index is 424. The monoisotopic (exact) mass is 250 g/mol. The topological polar surface area (TPSA) is 55.8 Å². The van der Waals surface area contributed by atoms with Crippen LogP contribution in [0.5, 0.6) is 11.5 Å². The average Bonchev–Trinajstić information content (AvgIpc) is 2.36. The number of carbonyl (C=O) groups is 1. The van der Waals surface area contributed by atoms with Crippen molar-refractivity contribution in [1.29, 1.82) is 0 Å². The Morgan fingerprint density at radius 1 is 1.39 bits per heavy atom. The van der Waals surface area contributed by atoms with E-state index < -0.39 is 5.97 Å². The molecular formula is C14H18O4. The van der Waals surface area contributed by atoms with Crippen LogP contribution in [0.1, 0.15) is 18.9 Å². The van der Waals surface area contributed by atoms with Crippen molar-refractivity contribution < 1.29 is 19.4 Å². The number of allylic oxidation sites excluding steroid dienone is 1. The van der Waals surface area contributed by atoms with Gasteiger partial charge in [-0.15, -0.1) is 0 Å². The van der Waals surface area contributed by atoms with Gasteiger partial charge < -0.3 is 14.6 Å². The number of hydrogen-bond acceptors (Lipinski definition) is 3. The molecule has 0 radical (unpaired) electrons. The number of benzene rings is 1. The summed E-state index contributed by atoms with van der Waals surface area (Å²) in [4.78, 5) is 10.4. The summed E-state index contributed by atoms with van der Waals surface area (Å²) in [5.74, 6) is 0.444. The quantitative estimate of drug-likeness (QED) is 0.756. The second kappa shape index (κ2) is 7.37. The fourth-order valence-corrected chi connectivity index (χ4v) is 1.47. The number of aliphatic carboxylic acids is 1. The van der Waals surface area contributed by atoms with Crippen molar-refractivity contribution in [3.63, 3.8) is 0 Å². The summed E-state index contributed by atoms with van der Waals surface area (Å²) in [7, 11) is 1.59. The summed E-state index contributed by atoms with van der Waals surface area (Å²) in [6, 6.07) is 5.61. The molecule has 0 spiro atoms. The Labute approximate surface area is 107 Å². The van der Waals surface area contributed by atoms with Crippen molar-refractivity contribution in [2.45, 2.75) is 19.8 Å². The third kappa shape index (κ3) is 4.49. The van der Waals surface area contributed by atoms with E-state index in [1.807, 2.05) is 25.1 Å². The van der Waals surface area contributed by atoms with Crippen LogP contribution in [0.3, 0.4) is 0 Å². The molecule has 0 aliphatic heterocycles. The highest BCUT2D eigenvalue weighted by Gasteiger charge is 2.04. The van der Waals surface area contributed by atoms with Gasteiger partial charge in [0.05, 0.1) is 13.7 Å². The van der Waals surface area contributed by atoms with Crippen molar-refractivity contribution >= 4 is 5.97 Å². The molecule has 0 bridgehead atoms. The van der Waals surface area contributed by atoms with Gasteiger partial charge in [0.15, 0.2) is 11.5 Å². The fourth-order valence-electron chi connectivity index (χ4n) is 1.47. The first-order valence-electron chi connectivity index (χ1n) is 5.86. The highest BCUT2D eigenvalue weighted by Crippen LogP contribution is 2.28. The molecule has 0 aliphatic rings. The van der Waals surface area contributed by atoms with Gasteiger partial charge in [-0.3, -0.25) is 0 Å². The normalized spacial score (nSPS) is 10.6. The Balaban J connectivity index is 2.74. The number of ether oxygens (including phenoxy) is 2. The summed E-state index contributed by atoms with van der Waals surface area (Å²) in [5, 5.41) is 8.50. The van der Waals surface area contributed by atoms with Crippen LogP contribution < -0.4 is 9.47 Å². The number of carboxylic acid groups (broad SMARTS) is 1. The van der Waals surface area contributed by atoms with E-state index in [4.69, 9.17) is 14.6 Å². The van der Waals surface area contributed by atoms with E-state index >= 15 is 0 Å². The van der Waals surface area contributed by atoms with Gasteiger partial charge in [-0.25, -0.2) is 4.79 Å². The average molecular weight is 250 g/mol. The number of methoxy groups -OCH3 is 1. The molecule has 1 rings (SSSR count). The van der Waals surface area contributed by atoms with Crippen LogP contribution in [-0.2, 0) is 11.2 Å². The van der Waals surface area contributed by atoms with Crippen molar-refractivity contribution in [2.24, 2.45) is 0 Å². The van der Waals surface area contributed by atoms with Gasteiger partial charge in [-0.2, -0.15) is 0 Å². The SMILES string of the molecule is CCCOc1ccc(CC=CC(=O)O)cc1OC. The lowest BCUT2D eigenvalue weighted by Crippen LogP contribution is -1.98. The van der Waals surface area contributed by atoms with Gasteiger partial charge in [0, 0.05) is 6.08 Å². The molecule has 1 N–H and O–H groups in total. The minimum Gasteiger partial charge on any atom is -0.493 e. The van der Waals surface area contributed by atoms with Gasteiger partial charge in [0.25, 0.3) is 0 Å². The molecule has 1 aromatic carbocycles. The Morgan fingerprint density at radius 2 is 2.17 bits per heavy atom. The zero-order valence-electron chi connectivity index (χ0n) is 10.7. The third-order valence-corrected chi connectivity index (χ3v) is 2.30. The molecule has 0 aromatic heterocycles. The van der Waals surface area contributed by atoms with Crippen LogP contribution in [0, 0.1) is 0 Å². The first-order valence-corrected chi connectivity index (χ1v) is 5.86. The van der Waals surface area contributed by atoms with Crippen LogP contribution in [-0.4, -0.2) is 24.8 Å². The predicted octanol–water partition coefficient (Wildman–Crippen LogP) is 2.67. The smallest absolute Gasteiger partial charge is 0.327 e. The summed E-state index contributed by atoms with van der Waals surface area (Å²) < 4.78 is 10.8. The number of hydrogen-bond donors (Lipinski definition) is 1. The third-order valence-electron chi connectivity index (χ3n) is 2.30. The predicted molar refractivity (Wildman–Crippen MR) is 69.3 cm³/mol. The zero-order chi connectivity index (χ0) is 13.4. The van der Waals surface area contributed by atoms with Gasteiger partial charge in [0.1, 0.15) is 0 Å². The highest BCUT2D eigenvalue weighted by molar-refractivity contribution is 5.79. The zero-order valence-corrected chi connectivity index (χ0v) is 10.7. The van der Waals surface area contributed by atoms with E-state index in [1.54, 1.807) is 13.2 Å². The van der Waals surface area contributed by atoms with Crippen LogP contribution >= 0.6 is 0 Å². The standard InChI is InChI=1S/C14H18O4/c1-3-9-18-12-8-7-11(10-13(12)17-2)5-4-6-14(15)16/h4,6-8,10H,3,5,9H2,1-2H3,(H,15,16). The molecule has 98 valence electrons. The lowest BCUT2D eigenvalue weighted by atomic mass is 10.1. The molecule has 4 heteroatoms. The van der Waals surface area contributed by atoms with Gasteiger partial charge in [-0.1, -0.05) is 19.1 Å². The number of carboxylic acids is 1. The minimum atomic E-state index is -0.940. The second-order valence-corrected chi connectivity index (χ2v) is 3.78. The first kappa shape index (κ1) is 14.1. The molecule has 0 unspecified atom stereocenters. The summed E-state index contributed by atoms with van der Waals surface area (Å²) >= 11 is 0. The molecular weight excluding hydrogens is 232 g/mol. The van der Waals surface area contributed by atoms with Gasteiger partial charge in [-0.05, 0) is 30.5 Å². The summed E-state index contributed by atoms with van der Waals surface area (Å²) in [5.41, 5.74) is 0.980. The Kier molecular flexibility index (Phi) is 5.77. The van der Waals surface area contributed by atoms with E-state index in [-0.39, 0.29) is 0 Å². The van der Waals surface area contributed by atoms with E-state index in [1.165, 1.54) is 0 Å². The van der Waals surface area contributed by atoms with Crippen LogP contribution in [0.15, 0.2) is 30.4 Å². The molecule has 0 atom stereocenters. The van der Waals surface area contributed by atoms with Crippen molar-refractivity contribution in [3.8, 4) is 11.5 Å². The lowest BCUT2D eigenvalue weighted by Gasteiger charge is -2.10. The van der Waals surface area contributed by atoms with Crippen molar-refractivity contribution in [1.82, 2.24) is 0 Å². The van der Waals surface area contributed by atoms with Gasteiger partial charge in [0.2, 0.25) is 0 Å². The van der Waals surface area contributed by atoms with E-state index in [0.717, 1.165) is 18.1 Å². The molecule has 0 heterocycles. The molecule has 1 aromatic rings. The summed E-state index contributed by atoms with van der Waals surface area (Å²) in [6.07, 6.45) is 4.22. The molecule has 0 fully saturated rings. The Morgan fingerprint density at radius 3 is 2.78 bits per heavy atom. The van der Waals surface area contributed by atoms with E-state index in [0.29, 0.717) is 24.5 Å². The molecule has 0 amide bonds. The highest BCUT2D eigenvalue weighted by atomic mass is 16.5. The largest absolute Gasteiger partial charge is 0.493 e. The summed E-state index contributed by atoms with van der Waals surface area (Å²) in [6.45, 7) is 2.69.